The van der Waals surface area contributed by atoms with Crippen molar-refractivity contribution in [1.29, 1.82) is 5.26 Å². The van der Waals surface area contributed by atoms with Crippen LogP contribution in [0.4, 0.5) is 8.78 Å². The number of para-hydroxylation sites is 1. The van der Waals surface area contributed by atoms with Crippen LogP contribution < -0.4 is 9.47 Å². The lowest BCUT2D eigenvalue weighted by molar-refractivity contribution is -0.0513. The highest BCUT2D eigenvalue weighted by molar-refractivity contribution is 5.89. The second kappa shape index (κ2) is 7.18. The average molecular weight is 302 g/mol. The standard InChI is InChI=1S/C16H12F2N2O2/c1-21-14-7-4-5-11(15(14)22-16(17)18)9-12(10-19)13-6-2-3-8-20-13/h2-9,16H,1H3/b12-9+. The number of nitriles is 1. The highest BCUT2D eigenvalue weighted by atomic mass is 19.3. The maximum atomic E-state index is 12.6. The van der Waals surface area contributed by atoms with Gasteiger partial charge in [-0.15, -0.1) is 0 Å². The summed E-state index contributed by atoms with van der Waals surface area (Å²) in [5, 5.41) is 9.26. The van der Waals surface area contributed by atoms with Gasteiger partial charge in [0.15, 0.2) is 11.5 Å². The summed E-state index contributed by atoms with van der Waals surface area (Å²) in [6.07, 6.45) is 2.98. The number of benzene rings is 1. The van der Waals surface area contributed by atoms with E-state index in [-0.39, 0.29) is 17.1 Å². The molecule has 22 heavy (non-hydrogen) atoms. The summed E-state index contributed by atoms with van der Waals surface area (Å²) in [4.78, 5) is 4.07. The molecule has 1 aromatic carbocycles. The first-order valence-electron chi connectivity index (χ1n) is 6.30. The molecule has 0 aliphatic heterocycles. The fourth-order valence-corrected chi connectivity index (χ4v) is 1.86. The Labute approximate surface area is 126 Å². The van der Waals surface area contributed by atoms with Gasteiger partial charge in [0.2, 0.25) is 0 Å². The summed E-state index contributed by atoms with van der Waals surface area (Å²) >= 11 is 0. The Balaban J connectivity index is 2.52. The maximum absolute atomic E-state index is 12.6. The van der Waals surface area contributed by atoms with E-state index in [2.05, 4.69) is 9.72 Å². The van der Waals surface area contributed by atoms with Crippen LogP contribution in [0.1, 0.15) is 11.3 Å². The number of hydrogen-bond acceptors (Lipinski definition) is 4. The van der Waals surface area contributed by atoms with Gasteiger partial charge in [-0.2, -0.15) is 14.0 Å². The Morgan fingerprint density at radius 2 is 2.09 bits per heavy atom. The van der Waals surface area contributed by atoms with E-state index in [9.17, 15) is 14.0 Å². The van der Waals surface area contributed by atoms with Gasteiger partial charge < -0.3 is 9.47 Å². The molecule has 1 aromatic heterocycles. The number of methoxy groups -OCH3 is 1. The number of hydrogen-bond donors (Lipinski definition) is 0. The van der Waals surface area contributed by atoms with Gasteiger partial charge in [0, 0.05) is 11.8 Å². The summed E-state index contributed by atoms with van der Waals surface area (Å²) in [7, 11) is 1.35. The normalized spacial score (nSPS) is 11.1. The molecule has 1 heterocycles. The Morgan fingerprint density at radius 1 is 1.27 bits per heavy atom. The third kappa shape index (κ3) is 3.58. The van der Waals surface area contributed by atoms with E-state index in [1.807, 2.05) is 6.07 Å². The van der Waals surface area contributed by atoms with Crippen LogP contribution in [0.5, 0.6) is 11.5 Å². The van der Waals surface area contributed by atoms with E-state index in [1.165, 1.54) is 19.3 Å². The number of halogens is 2. The Morgan fingerprint density at radius 3 is 2.68 bits per heavy atom. The molecule has 0 saturated heterocycles. The molecule has 0 spiro atoms. The van der Waals surface area contributed by atoms with Crippen LogP contribution in [0.3, 0.4) is 0 Å². The van der Waals surface area contributed by atoms with Crippen LogP contribution >= 0.6 is 0 Å². The Bertz CT molecular complexity index is 710. The van der Waals surface area contributed by atoms with Crippen LogP contribution in [0.2, 0.25) is 0 Å². The van der Waals surface area contributed by atoms with Gasteiger partial charge in [-0.1, -0.05) is 18.2 Å². The molecule has 2 rings (SSSR count). The second-order valence-corrected chi connectivity index (χ2v) is 4.14. The molecule has 6 heteroatoms. The molecular weight excluding hydrogens is 290 g/mol. The number of aromatic nitrogens is 1. The maximum Gasteiger partial charge on any atom is 0.387 e. The van der Waals surface area contributed by atoms with Crippen molar-refractivity contribution in [3.05, 3.63) is 53.9 Å². The summed E-state index contributed by atoms with van der Waals surface area (Å²) in [5.41, 5.74) is 0.977. The van der Waals surface area contributed by atoms with Gasteiger partial charge in [-0.3, -0.25) is 4.98 Å². The van der Waals surface area contributed by atoms with Gasteiger partial charge in [0.25, 0.3) is 0 Å². The molecule has 0 aliphatic rings. The molecule has 0 unspecified atom stereocenters. The van der Waals surface area contributed by atoms with Crippen molar-refractivity contribution in [3.8, 4) is 17.6 Å². The molecule has 4 nitrogen and oxygen atoms in total. The minimum atomic E-state index is -3.00. The van der Waals surface area contributed by atoms with Crippen molar-refractivity contribution < 1.29 is 18.3 Å². The van der Waals surface area contributed by atoms with Crippen molar-refractivity contribution >= 4 is 11.6 Å². The van der Waals surface area contributed by atoms with Crippen LogP contribution in [0, 0.1) is 11.3 Å². The smallest absolute Gasteiger partial charge is 0.387 e. The Kier molecular flexibility index (Phi) is 5.04. The van der Waals surface area contributed by atoms with Crippen molar-refractivity contribution in [3.63, 3.8) is 0 Å². The lowest BCUT2D eigenvalue weighted by Gasteiger charge is -2.12. The predicted octanol–water partition coefficient (Wildman–Crippen LogP) is 3.76. The number of pyridine rings is 1. The van der Waals surface area contributed by atoms with Crippen molar-refractivity contribution in [1.82, 2.24) is 4.98 Å². The van der Waals surface area contributed by atoms with Gasteiger partial charge in [-0.05, 0) is 24.3 Å². The topological polar surface area (TPSA) is 55.1 Å². The molecule has 0 saturated carbocycles. The van der Waals surface area contributed by atoms with E-state index in [4.69, 9.17) is 4.74 Å². The minimum Gasteiger partial charge on any atom is -0.493 e. The van der Waals surface area contributed by atoms with Gasteiger partial charge in [-0.25, -0.2) is 0 Å². The monoisotopic (exact) mass is 302 g/mol. The van der Waals surface area contributed by atoms with Gasteiger partial charge in [0.05, 0.1) is 18.4 Å². The molecule has 2 aromatic rings. The largest absolute Gasteiger partial charge is 0.493 e. The van der Waals surface area contributed by atoms with E-state index in [1.54, 1.807) is 36.5 Å². The summed E-state index contributed by atoms with van der Waals surface area (Å²) in [6.45, 7) is -3.00. The zero-order chi connectivity index (χ0) is 15.9. The molecule has 0 N–H and O–H groups in total. The quantitative estimate of drug-likeness (QED) is 0.789. The molecule has 0 aliphatic carbocycles. The number of rotatable bonds is 5. The first-order valence-corrected chi connectivity index (χ1v) is 6.30. The van der Waals surface area contributed by atoms with Crippen molar-refractivity contribution in [2.45, 2.75) is 6.61 Å². The van der Waals surface area contributed by atoms with Crippen LogP contribution in [-0.4, -0.2) is 18.7 Å². The lowest BCUT2D eigenvalue weighted by atomic mass is 10.1. The van der Waals surface area contributed by atoms with Gasteiger partial charge in [0.1, 0.15) is 6.07 Å². The highest BCUT2D eigenvalue weighted by Gasteiger charge is 2.15. The first-order chi connectivity index (χ1) is 10.7. The summed E-state index contributed by atoms with van der Waals surface area (Å²) < 4.78 is 34.7. The Hall–Kier alpha value is -2.94. The molecule has 0 radical (unpaired) electrons. The van der Waals surface area contributed by atoms with Crippen molar-refractivity contribution in [2.75, 3.05) is 7.11 Å². The number of nitrogens with zero attached hydrogens (tertiary/aromatic N) is 2. The van der Waals surface area contributed by atoms with Crippen LogP contribution in [-0.2, 0) is 0 Å². The van der Waals surface area contributed by atoms with E-state index in [0.717, 1.165) is 0 Å². The zero-order valence-corrected chi connectivity index (χ0v) is 11.7. The van der Waals surface area contributed by atoms with E-state index in [0.29, 0.717) is 11.3 Å². The third-order valence-corrected chi connectivity index (χ3v) is 2.80. The lowest BCUT2D eigenvalue weighted by Crippen LogP contribution is -2.05. The molecular formula is C16H12F2N2O2. The van der Waals surface area contributed by atoms with Crippen LogP contribution in [0.15, 0.2) is 42.6 Å². The SMILES string of the molecule is COc1cccc(/C=C(\C#N)c2ccccn2)c1OC(F)F. The fraction of sp³-hybridized carbons (Fsp3) is 0.125. The van der Waals surface area contributed by atoms with E-state index < -0.39 is 6.61 Å². The van der Waals surface area contributed by atoms with Crippen LogP contribution in [0.25, 0.3) is 11.6 Å². The first kappa shape index (κ1) is 15.4. The molecule has 0 fully saturated rings. The fourth-order valence-electron chi connectivity index (χ4n) is 1.86. The minimum absolute atomic E-state index is 0.122. The van der Waals surface area contributed by atoms with Gasteiger partial charge >= 0.3 is 6.61 Å². The molecule has 0 bridgehead atoms. The molecule has 0 amide bonds. The summed E-state index contributed by atoms with van der Waals surface area (Å²) in [6, 6.07) is 11.8. The zero-order valence-electron chi connectivity index (χ0n) is 11.7. The van der Waals surface area contributed by atoms with E-state index >= 15 is 0 Å². The third-order valence-electron chi connectivity index (χ3n) is 2.80. The molecule has 0 atom stereocenters. The van der Waals surface area contributed by atoms with Crippen molar-refractivity contribution in [2.24, 2.45) is 0 Å². The predicted molar refractivity (Wildman–Crippen MR) is 77.3 cm³/mol. The highest BCUT2D eigenvalue weighted by Crippen LogP contribution is 2.34. The summed E-state index contributed by atoms with van der Waals surface area (Å²) in [5.74, 6) is 0.0380. The average Bonchev–Trinajstić information content (AvgIpc) is 2.54. The number of alkyl halides is 2. The molecule has 112 valence electrons. The number of ether oxygens (including phenoxy) is 2. The number of allylic oxidation sites excluding steroid dienone is 1. The second-order valence-electron chi connectivity index (χ2n) is 4.14.